The van der Waals surface area contributed by atoms with Crippen LogP contribution < -0.4 is 9.62 Å². The summed E-state index contributed by atoms with van der Waals surface area (Å²) in [4.78, 5) is 30.7. The Morgan fingerprint density at radius 1 is 1.32 bits per heavy atom. The van der Waals surface area contributed by atoms with Crippen molar-refractivity contribution in [3.63, 3.8) is 0 Å². The van der Waals surface area contributed by atoms with Crippen LogP contribution in [0.4, 0.5) is 5.82 Å². The smallest absolute Gasteiger partial charge is 0.340 e. The van der Waals surface area contributed by atoms with Crippen LogP contribution in [0.15, 0.2) is 6.07 Å². The summed E-state index contributed by atoms with van der Waals surface area (Å²) in [6.07, 6.45) is 3.54. The molecule has 0 bridgehead atoms. The Balaban J connectivity index is 1.63. The van der Waals surface area contributed by atoms with Gasteiger partial charge >= 0.3 is 5.97 Å². The molecule has 1 saturated carbocycles. The van der Waals surface area contributed by atoms with E-state index in [9.17, 15) is 23.3 Å². The van der Waals surface area contributed by atoms with Gasteiger partial charge in [-0.3, -0.25) is 9.52 Å². The average Bonchev–Trinajstić information content (AvgIpc) is 3.11. The molecule has 1 aliphatic heterocycles. The first-order valence-corrected chi connectivity index (χ1v) is 12.2. The standard InChI is InChI=1S/C21H28N4O5S/c1-13(2)30-21(27)18-8-16(9-22)19(23-14(18)3)25-10-17(11-25)20(26)24-31(28,29)12-15-6-4-5-7-15/h8,13,15,17H,4-7,10-12H2,1-3H3,(H,24,26). The fourth-order valence-corrected chi connectivity index (χ4v) is 5.49. The van der Waals surface area contributed by atoms with E-state index in [-0.39, 0.29) is 42.0 Å². The molecule has 0 aromatic carbocycles. The number of carbonyl (C=O) groups excluding carboxylic acids is 2. The molecule has 1 aromatic rings. The summed E-state index contributed by atoms with van der Waals surface area (Å²) in [5, 5.41) is 9.50. The number of hydrogen-bond donors (Lipinski definition) is 1. The molecular formula is C21H28N4O5S. The van der Waals surface area contributed by atoms with E-state index >= 15 is 0 Å². The van der Waals surface area contributed by atoms with Crippen LogP contribution in [0.2, 0.25) is 0 Å². The SMILES string of the molecule is Cc1nc(N2CC(C(=O)NS(=O)(=O)CC3CCCC3)C2)c(C#N)cc1C(=O)OC(C)C. The summed E-state index contributed by atoms with van der Waals surface area (Å²) in [5.41, 5.74) is 0.850. The number of nitriles is 1. The molecule has 31 heavy (non-hydrogen) atoms. The van der Waals surface area contributed by atoms with Crippen molar-refractivity contribution < 1.29 is 22.7 Å². The number of aryl methyl sites for hydroxylation is 1. The zero-order valence-electron chi connectivity index (χ0n) is 18.1. The number of aromatic nitrogens is 1. The summed E-state index contributed by atoms with van der Waals surface area (Å²) in [5.74, 6) is -1.09. The van der Waals surface area contributed by atoms with Crippen molar-refractivity contribution in [1.82, 2.24) is 9.71 Å². The van der Waals surface area contributed by atoms with Gasteiger partial charge in [-0.25, -0.2) is 18.2 Å². The third kappa shape index (κ3) is 5.53. The topological polar surface area (TPSA) is 129 Å². The van der Waals surface area contributed by atoms with Gasteiger partial charge in [-0.15, -0.1) is 0 Å². The van der Waals surface area contributed by atoms with Gasteiger partial charge in [0.2, 0.25) is 15.9 Å². The molecule has 0 atom stereocenters. The van der Waals surface area contributed by atoms with Crippen molar-refractivity contribution in [1.29, 1.82) is 5.26 Å². The number of pyridine rings is 1. The summed E-state index contributed by atoms with van der Waals surface area (Å²) in [6, 6.07) is 3.48. The minimum Gasteiger partial charge on any atom is -0.459 e. The predicted octanol–water partition coefficient (Wildman–Crippen LogP) is 1.90. The summed E-state index contributed by atoms with van der Waals surface area (Å²) in [7, 11) is -3.65. The lowest BCUT2D eigenvalue weighted by atomic mass is 9.98. The first kappa shape index (κ1) is 23.0. The fraction of sp³-hybridized carbons (Fsp3) is 0.619. The molecule has 1 N–H and O–H groups in total. The lowest BCUT2D eigenvalue weighted by molar-refractivity contribution is -0.123. The van der Waals surface area contributed by atoms with Gasteiger partial charge in [-0.05, 0) is 45.6 Å². The maximum Gasteiger partial charge on any atom is 0.340 e. The Morgan fingerprint density at radius 3 is 2.55 bits per heavy atom. The van der Waals surface area contributed by atoms with E-state index in [0.717, 1.165) is 25.7 Å². The maximum absolute atomic E-state index is 12.4. The minimum atomic E-state index is -3.65. The normalized spacial score (nSPS) is 17.3. The van der Waals surface area contributed by atoms with Crippen molar-refractivity contribution in [2.45, 2.75) is 52.6 Å². The van der Waals surface area contributed by atoms with Crippen molar-refractivity contribution in [3.8, 4) is 6.07 Å². The van der Waals surface area contributed by atoms with Gasteiger partial charge in [0.05, 0.1) is 34.6 Å². The lowest BCUT2D eigenvalue weighted by Gasteiger charge is -2.39. The predicted molar refractivity (Wildman–Crippen MR) is 114 cm³/mol. The van der Waals surface area contributed by atoms with Crippen LogP contribution in [0.3, 0.4) is 0 Å². The zero-order valence-corrected chi connectivity index (χ0v) is 18.9. The number of nitrogens with zero attached hydrogens (tertiary/aromatic N) is 3. The fourth-order valence-electron chi connectivity index (χ4n) is 3.98. The van der Waals surface area contributed by atoms with Crippen LogP contribution in [0.1, 0.15) is 61.1 Å². The number of anilines is 1. The number of carbonyl (C=O) groups is 2. The number of rotatable bonds is 7. The maximum atomic E-state index is 12.4. The third-order valence-corrected chi connectivity index (χ3v) is 7.04. The molecule has 1 saturated heterocycles. The first-order valence-electron chi connectivity index (χ1n) is 10.5. The van der Waals surface area contributed by atoms with Gasteiger partial charge in [0.1, 0.15) is 11.9 Å². The second kappa shape index (κ2) is 9.22. The van der Waals surface area contributed by atoms with Crippen molar-refractivity contribution >= 4 is 27.7 Å². The molecule has 1 aromatic heterocycles. The Kier molecular flexibility index (Phi) is 6.84. The summed E-state index contributed by atoms with van der Waals surface area (Å²) >= 11 is 0. The molecule has 2 aliphatic rings. The Bertz CT molecular complexity index is 1000. The van der Waals surface area contributed by atoms with Crippen LogP contribution >= 0.6 is 0 Å². The largest absolute Gasteiger partial charge is 0.459 e. The van der Waals surface area contributed by atoms with Crippen molar-refractivity contribution in [2.24, 2.45) is 11.8 Å². The molecule has 1 amide bonds. The van der Waals surface area contributed by atoms with Gasteiger partial charge in [0.15, 0.2) is 0 Å². The summed E-state index contributed by atoms with van der Waals surface area (Å²) in [6.45, 7) is 5.63. The Morgan fingerprint density at radius 2 is 1.97 bits per heavy atom. The first-order chi connectivity index (χ1) is 14.6. The van der Waals surface area contributed by atoms with E-state index in [1.807, 2.05) is 6.07 Å². The molecule has 2 heterocycles. The molecule has 0 unspecified atom stereocenters. The number of hydrogen-bond acceptors (Lipinski definition) is 8. The molecular weight excluding hydrogens is 420 g/mol. The molecule has 3 rings (SSSR count). The van der Waals surface area contributed by atoms with E-state index in [1.165, 1.54) is 6.07 Å². The highest BCUT2D eigenvalue weighted by Crippen LogP contribution is 2.29. The van der Waals surface area contributed by atoms with E-state index in [1.54, 1.807) is 25.7 Å². The van der Waals surface area contributed by atoms with Crippen LogP contribution in [0.5, 0.6) is 0 Å². The zero-order chi connectivity index (χ0) is 22.8. The van der Waals surface area contributed by atoms with Crippen molar-refractivity contribution in [2.75, 3.05) is 23.7 Å². The second-order valence-corrected chi connectivity index (χ2v) is 10.3. The molecule has 0 radical (unpaired) electrons. The highest BCUT2D eigenvalue weighted by Gasteiger charge is 2.37. The highest BCUT2D eigenvalue weighted by atomic mass is 32.2. The third-order valence-electron chi connectivity index (χ3n) is 5.61. The Hall–Kier alpha value is -2.67. The number of sulfonamides is 1. The van der Waals surface area contributed by atoms with Gasteiger partial charge in [-0.2, -0.15) is 5.26 Å². The number of esters is 1. The van der Waals surface area contributed by atoms with Crippen LogP contribution in [0, 0.1) is 30.1 Å². The van der Waals surface area contributed by atoms with E-state index in [4.69, 9.17) is 4.74 Å². The van der Waals surface area contributed by atoms with Gasteiger partial charge in [0.25, 0.3) is 0 Å². The van der Waals surface area contributed by atoms with E-state index < -0.39 is 27.8 Å². The second-order valence-electron chi connectivity index (χ2n) is 8.56. The molecule has 0 spiro atoms. The monoisotopic (exact) mass is 448 g/mol. The van der Waals surface area contributed by atoms with Gasteiger partial charge < -0.3 is 9.64 Å². The number of amides is 1. The molecule has 2 fully saturated rings. The van der Waals surface area contributed by atoms with Crippen molar-refractivity contribution in [3.05, 3.63) is 22.9 Å². The molecule has 168 valence electrons. The van der Waals surface area contributed by atoms with E-state index in [0.29, 0.717) is 11.5 Å². The molecule has 9 nitrogen and oxygen atoms in total. The van der Waals surface area contributed by atoms with Crippen LogP contribution in [-0.4, -0.2) is 50.2 Å². The quantitative estimate of drug-likeness (QED) is 0.626. The Labute approximate surface area is 182 Å². The number of nitrogens with one attached hydrogen (secondary N) is 1. The molecule has 1 aliphatic carbocycles. The average molecular weight is 449 g/mol. The van der Waals surface area contributed by atoms with Crippen LogP contribution in [-0.2, 0) is 19.6 Å². The van der Waals surface area contributed by atoms with Crippen LogP contribution in [0.25, 0.3) is 0 Å². The summed E-state index contributed by atoms with van der Waals surface area (Å²) < 4.78 is 31.9. The minimum absolute atomic E-state index is 0.0115. The van der Waals surface area contributed by atoms with Gasteiger partial charge in [-0.1, -0.05) is 12.8 Å². The van der Waals surface area contributed by atoms with Gasteiger partial charge in [0, 0.05) is 13.1 Å². The number of ether oxygens (including phenoxy) is 1. The lowest BCUT2D eigenvalue weighted by Crippen LogP contribution is -2.55. The highest BCUT2D eigenvalue weighted by molar-refractivity contribution is 7.90. The molecule has 10 heteroatoms. The van der Waals surface area contributed by atoms with E-state index in [2.05, 4.69) is 9.71 Å².